The van der Waals surface area contributed by atoms with Crippen LogP contribution in [0.5, 0.6) is 0 Å². The maximum atomic E-state index is 11.1. The van der Waals surface area contributed by atoms with Crippen LogP contribution in [0.1, 0.15) is 32.1 Å². The monoisotopic (exact) mass is 182 g/mol. The SMILES string of the molecule is O=C(O)CC1CC2CC(=O)CC2C1. The average molecular weight is 182 g/mol. The van der Waals surface area contributed by atoms with Gasteiger partial charge in [-0.2, -0.15) is 0 Å². The Morgan fingerprint density at radius 1 is 1.31 bits per heavy atom. The Labute approximate surface area is 77.1 Å². The molecule has 2 unspecified atom stereocenters. The topological polar surface area (TPSA) is 54.4 Å². The van der Waals surface area contributed by atoms with Gasteiger partial charge in [0.25, 0.3) is 0 Å². The molecule has 0 aromatic rings. The first-order valence-electron chi connectivity index (χ1n) is 4.88. The molecule has 0 radical (unpaired) electrons. The summed E-state index contributed by atoms with van der Waals surface area (Å²) in [6.07, 6.45) is 3.63. The summed E-state index contributed by atoms with van der Waals surface area (Å²) in [5.74, 6) is 1.04. The Bertz CT molecular complexity index is 231. The smallest absolute Gasteiger partial charge is 0.303 e. The van der Waals surface area contributed by atoms with E-state index in [-0.39, 0.29) is 0 Å². The van der Waals surface area contributed by atoms with Gasteiger partial charge in [0.1, 0.15) is 5.78 Å². The fourth-order valence-corrected chi connectivity index (χ4v) is 2.92. The summed E-state index contributed by atoms with van der Waals surface area (Å²) >= 11 is 0. The standard InChI is InChI=1S/C10H14O3/c11-9-4-7-1-6(3-10(12)13)2-8(7)5-9/h6-8H,1-5H2,(H,12,13). The van der Waals surface area contributed by atoms with Gasteiger partial charge in [-0.05, 0) is 30.6 Å². The molecule has 13 heavy (non-hydrogen) atoms. The van der Waals surface area contributed by atoms with Crippen molar-refractivity contribution >= 4 is 11.8 Å². The molecule has 0 aliphatic heterocycles. The van der Waals surface area contributed by atoms with Crippen LogP contribution in [0.2, 0.25) is 0 Å². The van der Waals surface area contributed by atoms with E-state index in [9.17, 15) is 9.59 Å². The third-order valence-corrected chi connectivity index (χ3v) is 3.38. The van der Waals surface area contributed by atoms with Crippen molar-refractivity contribution in [1.29, 1.82) is 0 Å². The molecule has 3 nitrogen and oxygen atoms in total. The predicted octanol–water partition coefficient (Wildman–Crippen LogP) is 1.47. The van der Waals surface area contributed by atoms with Crippen molar-refractivity contribution in [2.24, 2.45) is 17.8 Å². The molecule has 2 aliphatic carbocycles. The van der Waals surface area contributed by atoms with Gasteiger partial charge >= 0.3 is 5.97 Å². The maximum Gasteiger partial charge on any atom is 0.303 e. The van der Waals surface area contributed by atoms with E-state index in [0.717, 1.165) is 12.8 Å². The van der Waals surface area contributed by atoms with E-state index in [0.29, 0.717) is 42.8 Å². The van der Waals surface area contributed by atoms with Gasteiger partial charge in [-0.1, -0.05) is 0 Å². The first-order valence-corrected chi connectivity index (χ1v) is 4.88. The van der Waals surface area contributed by atoms with Crippen molar-refractivity contribution < 1.29 is 14.7 Å². The highest BCUT2D eigenvalue weighted by molar-refractivity contribution is 5.81. The summed E-state index contributed by atoms with van der Waals surface area (Å²) in [6, 6.07) is 0. The molecule has 0 bridgehead atoms. The summed E-state index contributed by atoms with van der Waals surface area (Å²) in [4.78, 5) is 21.5. The van der Waals surface area contributed by atoms with Gasteiger partial charge in [-0.25, -0.2) is 0 Å². The van der Waals surface area contributed by atoms with Crippen LogP contribution in [-0.4, -0.2) is 16.9 Å². The highest BCUT2D eigenvalue weighted by Gasteiger charge is 2.41. The van der Waals surface area contributed by atoms with Gasteiger partial charge in [0, 0.05) is 19.3 Å². The minimum Gasteiger partial charge on any atom is -0.481 e. The minimum absolute atomic E-state index is 0.293. The van der Waals surface area contributed by atoms with Crippen LogP contribution >= 0.6 is 0 Å². The maximum absolute atomic E-state index is 11.1. The van der Waals surface area contributed by atoms with E-state index < -0.39 is 5.97 Å². The molecule has 2 aliphatic rings. The van der Waals surface area contributed by atoms with Crippen LogP contribution in [0.15, 0.2) is 0 Å². The predicted molar refractivity (Wildman–Crippen MR) is 46.2 cm³/mol. The van der Waals surface area contributed by atoms with Crippen molar-refractivity contribution in [3.63, 3.8) is 0 Å². The second-order valence-electron chi connectivity index (χ2n) is 4.40. The summed E-state index contributed by atoms with van der Waals surface area (Å²) in [5, 5.41) is 8.62. The molecule has 1 N–H and O–H groups in total. The molecule has 0 aromatic carbocycles. The number of fused-ring (bicyclic) bond motifs is 1. The molecule has 2 atom stereocenters. The van der Waals surface area contributed by atoms with Gasteiger partial charge in [-0.15, -0.1) is 0 Å². The van der Waals surface area contributed by atoms with Crippen molar-refractivity contribution in [2.75, 3.05) is 0 Å². The number of carbonyl (C=O) groups excluding carboxylic acids is 1. The van der Waals surface area contributed by atoms with Crippen molar-refractivity contribution in [3.05, 3.63) is 0 Å². The fraction of sp³-hybridized carbons (Fsp3) is 0.800. The van der Waals surface area contributed by atoms with Crippen LogP contribution < -0.4 is 0 Å². The normalized spacial score (nSPS) is 37.8. The number of aliphatic carboxylic acids is 1. The summed E-state index contributed by atoms with van der Waals surface area (Å²) in [5.41, 5.74) is 0. The molecule has 0 heterocycles. The van der Waals surface area contributed by atoms with Crippen LogP contribution in [0.3, 0.4) is 0 Å². The molecular formula is C10H14O3. The minimum atomic E-state index is -0.698. The zero-order valence-electron chi connectivity index (χ0n) is 7.53. The largest absolute Gasteiger partial charge is 0.481 e. The van der Waals surface area contributed by atoms with Crippen LogP contribution in [0.4, 0.5) is 0 Å². The lowest BCUT2D eigenvalue weighted by Gasteiger charge is -2.05. The molecule has 72 valence electrons. The number of ketones is 1. The van der Waals surface area contributed by atoms with Gasteiger partial charge in [-0.3, -0.25) is 9.59 Å². The Balaban J connectivity index is 1.90. The van der Waals surface area contributed by atoms with E-state index in [4.69, 9.17) is 5.11 Å². The lowest BCUT2D eigenvalue weighted by molar-refractivity contribution is -0.138. The number of rotatable bonds is 2. The number of hydrogen-bond donors (Lipinski definition) is 1. The summed E-state index contributed by atoms with van der Waals surface area (Å²) in [6.45, 7) is 0. The van der Waals surface area contributed by atoms with Gasteiger partial charge in [0.05, 0.1) is 0 Å². The zero-order chi connectivity index (χ0) is 9.42. The molecule has 0 amide bonds. The second kappa shape index (κ2) is 3.13. The highest BCUT2D eigenvalue weighted by atomic mass is 16.4. The van der Waals surface area contributed by atoms with E-state index in [1.165, 1.54) is 0 Å². The third kappa shape index (κ3) is 1.74. The lowest BCUT2D eigenvalue weighted by Crippen LogP contribution is -2.06. The van der Waals surface area contributed by atoms with Crippen LogP contribution in [0.25, 0.3) is 0 Å². The number of carbonyl (C=O) groups is 2. The second-order valence-corrected chi connectivity index (χ2v) is 4.40. The zero-order valence-corrected chi connectivity index (χ0v) is 7.53. The Morgan fingerprint density at radius 3 is 2.31 bits per heavy atom. The Kier molecular flexibility index (Phi) is 2.10. The first kappa shape index (κ1) is 8.73. The van der Waals surface area contributed by atoms with Crippen molar-refractivity contribution in [2.45, 2.75) is 32.1 Å². The number of carboxylic acids is 1. The molecule has 2 rings (SSSR count). The number of hydrogen-bond acceptors (Lipinski definition) is 2. The molecule has 0 aromatic heterocycles. The molecule has 2 saturated carbocycles. The number of Topliss-reactive ketones (excluding diaryl/α,β-unsaturated/α-hetero) is 1. The number of carboxylic acid groups (broad SMARTS) is 1. The van der Waals surface area contributed by atoms with Crippen LogP contribution in [-0.2, 0) is 9.59 Å². The van der Waals surface area contributed by atoms with E-state index in [1.54, 1.807) is 0 Å². The van der Waals surface area contributed by atoms with Gasteiger partial charge in [0.15, 0.2) is 0 Å². The van der Waals surface area contributed by atoms with Crippen molar-refractivity contribution in [1.82, 2.24) is 0 Å². The van der Waals surface area contributed by atoms with Crippen molar-refractivity contribution in [3.8, 4) is 0 Å². The first-order chi connectivity index (χ1) is 6.15. The average Bonchev–Trinajstić information content (AvgIpc) is 2.41. The third-order valence-electron chi connectivity index (χ3n) is 3.38. The molecule has 3 heteroatoms. The summed E-state index contributed by atoms with van der Waals surface area (Å²) < 4.78 is 0. The Hall–Kier alpha value is -0.860. The fourth-order valence-electron chi connectivity index (χ4n) is 2.92. The summed E-state index contributed by atoms with van der Waals surface area (Å²) in [7, 11) is 0. The quantitative estimate of drug-likeness (QED) is 0.703. The van der Waals surface area contributed by atoms with E-state index in [2.05, 4.69) is 0 Å². The van der Waals surface area contributed by atoms with Crippen LogP contribution in [0, 0.1) is 17.8 Å². The molecule has 0 spiro atoms. The van der Waals surface area contributed by atoms with Gasteiger partial charge in [0.2, 0.25) is 0 Å². The van der Waals surface area contributed by atoms with E-state index >= 15 is 0 Å². The van der Waals surface area contributed by atoms with Gasteiger partial charge < -0.3 is 5.11 Å². The highest BCUT2D eigenvalue weighted by Crippen LogP contribution is 2.46. The molecular weight excluding hydrogens is 168 g/mol. The molecule has 2 fully saturated rings. The Morgan fingerprint density at radius 2 is 1.85 bits per heavy atom. The lowest BCUT2D eigenvalue weighted by atomic mass is 10.00. The molecule has 0 saturated heterocycles. The van der Waals surface area contributed by atoms with E-state index in [1.807, 2.05) is 0 Å².